The third-order valence-corrected chi connectivity index (χ3v) is 3.42. The minimum absolute atomic E-state index is 0.226. The van der Waals surface area contributed by atoms with Crippen LogP contribution in [0, 0.1) is 0 Å². The average molecular weight is 263 g/mol. The number of rotatable bonds is 7. The Kier molecular flexibility index (Phi) is 5.67. The number of ether oxygens (including phenoxy) is 2. The fourth-order valence-electron chi connectivity index (χ4n) is 2.54. The van der Waals surface area contributed by atoms with Gasteiger partial charge in [0.1, 0.15) is 5.75 Å². The van der Waals surface area contributed by atoms with E-state index in [2.05, 4.69) is 37.4 Å². The van der Waals surface area contributed by atoms with Crippen molar-refractivity contribution in [2.75, 3.05) is 26.4 Å². The van der Waals surface area contributed by atoms with Crippen molar-refractivity contribution >= 4 is 0 Å². The molecule has 1 heterocycles. The summed E-state index contributed by atoms with van der Waals surface area (Å²) < 4.78 is 11.6. The van der Waals surface area contributed by atoms with Gasteiger partial charge in [-0.15, -0.1) is 0 Å². The number of nitrogens with one attached hydrogen (secondary N) is 1. The van der Waals surface area contributed by atoms with E-state index in [4.69, 9.17) is 9.47 Å². The fraction of sp³-hybridized carbons (Fsp3) is 0.625. The predicted octanol–water partition coefficient (Wildman–Crippen LogP) is 3.09. The number of fused-ring (bicyclic) bond motifs is 1. The normalized spacial score (nSPS) is 15.7. The molecule has 0 saturated heterocycles. The number of likely N-dealkylation sites (N-methyl/N-ethyl adjacent to an activating group) is 1. The van der Waals surface area contributed by atoms with Crippen LogP contribution in [0.25, 0.3) is 0 Å². The molecule has 0 bridgehead atoms. The molecule has 0 fully saturated rings. The van der Waals surface area contributed by atoms with Crippen molar-refractivity contribution in [2.24, 2.45) is 0 Å². The highest BCUT2D eigenvalue weighted by molar-refractivity contribution is 5.44. The maximum absolute atomic E-state index is 5.89. The first-order valence-corrected chi connectivity index (χ1v) is 7.42. The Bertz CT molecular complexity index is 392. The Morgan fingerprint density at radius 3 is 3.05 bits per heavy atom. The first kappa shape index (κ1) is 14.4. The third-order valence-electron chi connectivity index (χ3n) is 3.42. The minimum atomic E-state index is 0.226. The Morgan fingerprint density at radius 2 is 2.26 bits per heavy atom. The minimum Gasteiger partial charge on any atom is -0.493 e. The van der Waals surface area contributed by atoms with Gasteiger partial charge in [-0.3, -0.25) is 0 Å². The molecule has 2 rings (SSSR count). The van der Waals surface area contributed by atoms with Crippen LogP contribution in [0.1, 0.15) is 43.9 Å². The van der Waals surface area contributed by atoms with Gasteiger partial charge in [0.15, 0.2) is 0 Å². The molecule has 1 aliphatic heterocycles. The molecule has 3 nitrogen and oxygen atoms in total. The van der Waals surface area contributed by atoms with Crippen molar-refractivity contribution in [3.05, 3.63) is 29.3 Å². The smallest absolute Gasteiger partial charge is 0.127 e. The lowest BCUT2D eigenvalue weighted by molar-refractivity contribution is 0.111. The maximum Gasteiger partial charge on any atom is 0.127 e. The zero-order valence-electron chi connectivity index (χ0n) is 12.1. The summed E-state index contributed by atoms with van der Waals surface area (Å²) in [5.41, 5.74) is 2.58. The second-order valence-electron chi connectivity index (χ2n) is 4.97. The van der Waals surface area contributed by atoms with Crippen LogP contribution in [-0.2, 0) is 11.2 Å². The Labute approximate surface area is 116 Å². The molecule has 1 N–H and O–H groups in total. The standard InChI is InChI=1S/C16H25NO2/c1-3-10-18-12-15(17-4-2)14-9-5-7-13-8-6-11-19-16(13)14/h5,7,9,15,17H,3-4,6,8,10-12H2,1-2H3. The van der Waals surface area contributed by atoms with E-state index in [9.17, 15) is 0 Å². The van der Waals surface area contributed by atoms with Crippen molar-refractivity contribution in [3.8, 4) is 5.75 Å². The lowest BCUT2D eigenvalue weighted by atomic mass is 9.98. The zero-order valence-corrected chi connectivity index (χ0v) is 12.1. The van der Waals surface area contributed by atoms with Crippen molar-refractivity contribution < 1.29 is 9.47 Å². The third kappa shape index (κ3) is 3.71. The molecule has 1 unspecified atom stereocenters. The molecule has 0 spiro atoms. The van der Waals surface area contributed by atoms with Gasteiger partial charge in [-0.2, -0.15) is 0 Å². The molecule has 3 heteroatoms. The Balaban J connectivity index is 2.15. The van der Waals surface area contributed by atoms with Gasteiger partial charge >= 0.3 is 0 Å². The maximum atomic E-state index is 5.89. The summed E-state index contributed by atoms with van der Waals surface area (Å²) in [6, 6.07) is 6.69. The molecule has 0 aromatic heterocycles. The van der Waals surface area contributed by atoms with E-state index in [1.807, 2.05) is 0 Å². The van der Waals surface area contributed by atoms with Crippen LogP contribution >= 0.6 is 0 Å². The molecule has 0 saturated carbocycles. The Morgan fingerprint density at radius 1 is 1.37 bits per heavy atom. The molecule has 1 aromatic carbocycles. The van der Waals surface area contributed by atoms with E-state index in [1.165, 1.54) is 11.1 Å². The molecule has 0 amide bonds. The predicted molar refractivity (Wildman–Crippen MR) is 77.8 cm³/mol. The lowest BCUT2D eigenvalue weighted by Crippen LogP contribution is -2.27. The van der Waals surface area contributed by atoms with Gasteiger partial charge in [-0.25, -0.2) is 0 Å². The van der Waals surface area contributed by atoms with Crippen LogP contribution in [0.15, 0.2) is 18.2 Å². The van der Waals surface area contributed by atoms with Crippen LogP contribution < -0.4 is 10.1 Å². The highest BCUT2D eigenvalue weighted by Crippen LogP contribution is 2.33. The first-order chi connectivity index (χ1) is 9.36. The van der Waals surface area contributed by atoms with Gasteiger partial charge in [0, 0.05) is 12.2 Å². The van der Waals surface area contributed by atoms with Gasteiger partial charge in [0.2, 0.25) is 0 Å². The van der Waals surface area contributed by atoms with Crippen LogP contribution in [0.2, 0.25) is 0 Å². The fourth-order valence-corrected chi connectivity index (χ4v) is 2.54. The van der Waals surface area contributed by atoms with Crippen LogP contribution in [0.5, 0.6) is 5.75 Å². The second kappa shape index (κ2) is 7.51. The van der Waals surface area contributed by atoms with Gasteiger partial charge in [-0.1, -0.05) is 32.0 Å². The molecule has 0 aliphatic carbocycles. The van der Waals surface area contributed by atoms with E-state index >= 15 is 0 Å². The zero-order chi connectivity index (χ0) is 13.5. The monoisotopic (exact) mass is 263 g/mol. The molecule has 106 valence electrons. The molecular formula is C16H25NO2. The summed E-state index contributed by atoms with van der Waals surface area (Å²) in [5, 5.41) is 3.50. The molecule has 19 heavy (non-hydrogen) atoms. The van der Waals surface area contributed by atoms with Crippen molar-refractivity contribution in [3.63, 3.8) is 0 Å². The number of benzene rings is 1. The van der Waals surface area contributed by atoms with Crippen molar-refractivity contribution in [1.29, 1.82) is 0 Å². The van der Waals surface area contributed by atoms with E-state index in [0.29, 0.717) is 6.61 Å². The molecule has 1 aromatic rings. The highest BCUT2D eigenvalue weighted by atomic mass is 16.5. The molecule has 0 radical (unpaired) electrons. The quantitative estimate of drug-likeness (QED) is 0.767. The second-order valence-corrected chi connectivity index (χ2v) is 4.97. The van der Waals surface area contributed by atoms with Crippen molar-refractivity contribution in [2.45, 2.75) is 39.2 Å². The summed E-state index contributed by atoms with van der Waals surface area (Å²) in [6.07, 6.45) is 3.30. The van der Waals surface area contributed by atoms with E-state index in [0.717, 1.165) is 44.8 Å². The van der Waals surface area contributed by atoms with E-state index < -0.39 is 0 Å². The number of para-hydroxylation sites is 1. The van der Waals surface area contributed by atoms with Gasteiger partial charge in [0.05, 0.1) is 19.3 Å². The van der Waals surface area contributed by atoms with Gasteiger partial charge < -0.3 is 14.8 Å². The van der Waals surface area contributed by atoms with Gasteiger partial charge in [0.25, 0.3) is 0 Å². The van der Waals surface area contributed by atoms with Crippen molar-refractivity contribution in [1.82, 2.24) is 5.32 Å². The van der Waals surface area contributed by atoms with Crippen LogP contribution in [0.3, 0.4) is 0 Å². The highest BCUT2D eigenvalue weighted by Gasteiger charge is 2.20. The molecular weight excluding hydrogens is 238 g/mol. The topological polar surface area (TPSA) is 30.5 Å². The summed E-state index contributed by atoms with van der Waals surface area (Å²) in [6.45, 7) is 7.56. The summed E-state index contributed by atoms with van der Waals surface area (Å²) >= 11 is 0. The van der Waals surface area contributed by atoms with Crippen LogP contribution in [-0.4, -0.2) is 26.4 Å². The molecule has 1 aliphatic rings. The average Bonchev–Trinajstić information content (AvgIpc) is 2.46. The lowest BCUT2D eigenvalue weighted by Gasteiger charge is -2.25. The van der Waals surface area contributed by atoms with Crippen LogP contribution in [0.4, 0.5) is 0 Å². The van der Waals surface area contributed by atoms with E-state index in [-0.39, 0.29) is 6.04 Å². The molecule has 1 atom stereocenters. The van der Waals surface area contributed by atoms with Gasteiger partial charge in [-0.05, 0) is 31.4 Å². The summed E-state index contributed by atoms with van der Waals surface area (Å²) in [4.78, 5) is 0. The number of hydrogen-bond acceptors (Lipinski definition) is 3. The number of aryl methyl sites for hydroxylation is 1. The Hall–Kier alpha value is -1.06. The van der Waals surface area contributed by atoms with E-state index in [1.54, 1.807) is 0 Å². The summed E-state index contributed by atoms with van der Waals surface area (Å²) in [5.74, 6) is 1.08. The summed E-state index contributed by atoms with van der Waals surface area (Å²) in [7, 11) is 0. The first-order valence-electron chi connectivity index (χ1n) is 7.42. The SMILES string of the molecule is CCCOCC(NCC)c1cccc2c1OCCC2. The number of hydrogen-bond donors (Lipinski definition) is 1. The largest absolute Gasteiger partial charge is 0.493 e.